The number of hydrogen-bond acceptors (Lipinski definition) is 3. The molecule has 0 atom stereocenters. The molecule has 24 heavy (non-hydrogen) atoms. The summed E-state index contributed by atoms with van der Waals surface area (Å²) in [6.45, 7) is 8.50. The maximum Gasteiger partial charge on any atom is 0.330 e. The zero-order valence-electron chi connectivity index (χ0n) is 14.5. The lowest BCUT2D eigenvalue weighted by Crippen LogP contribution is -2.04. The minimum Gasteiger partial charge on any atom is -0.494 e. The first-order valence-corrected chi connectivity index (χ1v) is 8.12. The van der Waals surface area contributed by atoms with Crippen LogP contribution in [0.2, 0.25) is 0 Å². The number of unbranched alkanes of at least 4 members (excludes halogenated alkanes) is 1. The van der Waals surface area contributed by atoms with Gasteiger partial charge in [0.15, 0.2) is 0 Å². The summed E-state index contributed by atoms with van der Waals surface area (Å²) in [6, 6.07) is 18.2. The van der Waals surface area contributed by atoms with Gasteiger partial charge in [-0.15, -0.1) is 0 Å². The van der Waals surface area contributed by atoms with Gasteiger partial charge < -0.3 is 9.47 Å². The van der Waals surface area contributed by atoms with E-state index in [-0.39, 0.29) is 5.97 Å². The van der Waals surface area contributed by atoms with Crippen molar-refractivity contribution in [3.05, 3.63) is 78.4 Å². The van der Waals surface area contributed by atoms with Crippen molar-refractivity contribution in [3.8, 4) is 5.75 Å². The van der Waals surface area contributed by atoms with Crippen LogP contribution in [0.1, 0.15) is 24.0 Å². The van der Waals surface area contributed by atoms with Crippen molar-refractivity contribution in [1.82, 2.24) is 0 Å². The Labute approximate surface area is 144 Å². The lowest BCUT2D eigenvalue weighted by atomic mass is 10.2. The Morgan fingerprint density at radius 2 is 1.50 bits per heavy atom. The Morgan fingerprint density at radius 1 is 0.917 bits per heavy atom. The van der Waals surface area contributed by atoms with Crippen molar-refractivity contribution in [3.63, 3.8) is 0 Å². The van der Waals surface area contributed by atoms with Crippen LogP contribution in [-0.2, 0) is 9.53 Å². The lowest BCUT2D eigenvalue weighted by molar-refractivity contribution is -0.137. The number of esters is 1. The second-order valence-corrected chi connectivity index (χ2v) is 5.39. The zero-order valence-corrected chi connectivity index (χ0v) is 14.5. The summed E-state index contributed by atoms with van der Waals surface area (Å²) in [5.74, 6) is 0.503. The molecule has 3 heteroatoms. The van der Waals surface area contributed by atoms with E-state index < -0.39 is 0 Å². The number of rotatable bonds is 7. The van der Waals surface area contributed by atoms with Gasteiger partial charge in [-0.1, -0.05) is 60.2 Å². The molecule has 0 N–H and O–H groups in total. The van der Waals surface area contributed by atoms with Gasteiger partial charge in [-0.3, -0.25) is 0 Å². The molecule has 128 valence electrons. The maximum atomic E-state index is 10.7. The fourth-order valence-electron chi connectivity index (χ4n) is 1.79. The van der Waals surface area contributed by atoms with Gasteiger partial charge in [-0.25, -0.2) is 4.79 Å². The molecule has 0 aromatic heterocycles. The van der Waals surface area contributed by atoms with Crippen LogP contribution in [0.4, 0.5) is 0 Å². The van der Waals surface area contributed by atoms with E-state index in [9.17, 15) is 4.79 Å². The second-order valence-electron chi connectivity index (χ2n) is 5.39. The van der Waals surface area contributed by atoms with E-state index >= 15 is 0 Å². The minimum absolute atomic E-state index is 0.371. The van der Waals surface area contributed by atoms with Crippen LogP contribution in [0.25, 0.3) is 0 Å². The zero-order chi connectivity index (χ0) is 17.6. The van der Waals surface area contributed by atoms with Gasteiger partial charge in [-0.05, 0) is 38.8 Å². The first kappa shape index (κ1) is 19.5. The van der Waals surface area contributed by atoms with Crippen molar-refractivity contribution in [2.24, 2.45) is 0 Å². The normalized spacial score (nSPS) is 9.42. The standard InChI is InChI=1S/C14H18O3.C7H8/c1-3-14(15)17-11-5-4-10-16-13-8-6-12(2)7-9-13;1-7-5-3-2-4-6-7/h3,6-9H,1,4-5,10-11H2,2H3;2-6H,1H3. The highest BCUT2D eigenvalue weighted by molar-refractivity contribution is 5.81. The van der Waals surface area contributed by atoms with Gasteiger partial charge in [0.1, 0.15) is 5.75 Å². The summed E-state index contributed by atoms with van der Waals surface area (Å²) in [4.78, 5) is 10.7. The fraction of sp³-hybridized carbons (Fsp3) is 0.286. The minimum atomic E-state index is -0.371. The molecule has 0 saturated heterocycles. The molecule has 0 amide bonds. The van der Waals surface area contributed by atoms with Crippen LogP contribution in [0.3, 0.4) is 0 Å². The summed E-state index contributed by atoms with van der Waals surface area (Å²) in [5.41, 5.74) is 2.54. The predicted octanol–water partition coefficient (Wildman–Crippen LogP) is 4.88. The van der Waals surface area contributed by atoms with Gasteiger partial charge in [-0.2, -0.15) is 0 Å². The summed E-state index contributed by atoms with van der Waals surface area (Å²) in [7, 11) is 0. The van der Waals surface area contributed by atoms with Crippen LogP contribution in [-0.4, -0.2) is 19.2 Å². The fourth-order valence-corrected chi connectivity index (χ4v) is 1.79. The number of benzene rings is 2. The Bertz CT molecular complexity index is 588. The van der Waals surface area contributed by atoms with E-state index in [4.69, 9.17) is 9.47 Å². The third-order valence-electron chi connectivity index (χ3n) is 3.18. The molecule has 0 spiro atoms. The molecule has 2 aromatic rings. The van der Waals surface area contributed by atoms with Crippen molar-refractivity contribution in [2.45, 2.75) is 26.7 Å². The molecule has 0 aliphatic heterocycles. The highest BCUT2D eigenvalue weighted by atomic mass is 16.5. The number of aryl methyl sites for hydroxylation is 2. The SMILES string of the molecule is C=CC(=O)OCCCCOc1ccc(C)cc1.Cc1ccccc1. The summed E-state index contributed by atoms with van der Waals surface area (Å²) in [5, 5.41) is 0. The molecule has 0 aliphatic carbocycles. The smallest absolute Gasteiger partial charge is 0.330 e. The van der Waals surface area contributed by atoms with E-state index in [0.29, 0.717) is 13.2 Å². The van der Waals surface area contributed by atoms with Gasteiger partial charge in [0.25, 0.3) is 0 Å². The highest BCUT2D eigenvalue weighted by Gasteiger charge is 1.96. The highest BCUT2D eigenvalue weighted by Crippen LogP contribution is 2.11. The molecule has 0 heterocycles. The third-order valence-corrected chi connectivity index (χ3v) is 3.18. The van der Waals surface area contributed by atoms with Crippen molar-refractivity contribution < 1.29 is 14.3 Å². The predicted molar refractivity (Wildman–Crippen MR) is 98.2 cm³/mol. The largest absolute Gasteiger partial charge is 0.494 e. The Balaban J connectivity index is 0.000000341. The van der Waals surface area contributed by atoms with Crippen molar-refractivity contribution in [1.29, 1.82) is 0 Å². The van der Waals surface area contributed by atoms with Crippen LogP contribution in [0.15, 0.2) is 67.3 Å². The monoisotopic (exact) mass is 326 g/mol. The maximum absolute atomic E-state index is 10.7. The molecule has 2 aromatic carbocycles. The van der Waals surface area contributed by atoms with E-state index in [1.807, 2.05) is 49.4 Å². The van der Waals surface area contributed by atoms with Crippen LogP contribution < -0.4 is 4.74 Å². The molecule has 0 bridgehead atoms. The second kappa shape index (κ2) is 11.9. The third kappa shape index (κ3) is 9.46. The van der Waals surface area contributed by atoms with E-state index in [2.05, 4.69) is 25.6 Å². The van der Waals surface area contributed by atoms with Gasteiger partial charge in [0, 0.05) is 6.08 Å². The summed E-state index contributed by atoms with van der Waals surface area (Å²) < 4.78 is 10.4. The molecule has 0 fully saturated rings. The topological polar surface area (TPSA) is 35.5 Å². The van der Waals surface area contributed by atoms with E-state index in [1.165, 1.54) is 17.2 Å². The average molecular weight is 326 g/mol. The van der Waals surface area contributed by atoms with E-state index in [0.717, 1.165) is 18.6 Å². The van der Waals surface area contributed by atoms with Crippen molar-refractivity contribution >= 4 is 5.97 Å². The molecule has 0 saturated carbocycles. The van der Waals surface area contributed by atoms with Crippen LogP contribution >= 0.6 is 0 Å². The molecule has 2 rings (SSSR count). The first-order chi connectivity index (χ1) is 11.6. The quantitative estimate of drug-likeness (QED) is 0.413. The van der Waals surface area contributed by atoms with E-state index in [1.54, 1.807) is 0 Å². The van der Waals surface area contributed by atoms with Gasteiger partial charge in [0.05, 0.1) is 13.2 Å². The molecular formula is C21H26O3. The molecule has 0 aliphatic rings. The van der Waals surface area contributed by atoms with Crippen LogP contribution in [0, 0.1) is 13.8 Å². The van der Waals surface area contributed by atoms with Gasteiger partial charge >= 0.3 is 5.97 Å². The van der Waals surface area contributed by atoms with Gasteiger partial charge in [0.2, 0.25) is 0 Å². The Kier molecular flexibility index (Phi) is 9.70. The Morgan fingerprint density at radius 3 is 2.04 bits per heavy atom. The molecule has 0 radical (unpaired) electrons. The number of hydrogen-bond donors (Lipinski definition) is 0. The lowest BCUT2D eigenvalue weighted by Gasteiger charge is -2.06. The number of carbonyl (C=O) groups excluding carboxylic acids is 1. The molecule has 3 nitrogen and oxygen atoms in total. The first-order valence-electron chi connectivity index (χ1n) is 8.12. The molecular weight excluding hydrogens is 300 g/mol. The summed E-state index contributed by atoms with van der Waals surface area (Å²) >= 11 is 0. The average Bonchev–Trinajstić information content (AvgIpc) is 2.60. The molecule has 0 unspecified atom stereocenters. The summed E-state index contributed by atoms with van der Waals surface area (Å²) in [6.07, 6.45) is 2.83. The van der Waals surface area contributed by atoms with Crippen LogP contribution in [0.5, 0.6) is 5.75 Å². The number of ether oxygens (including phenoxy) is 2. The Hall–Kier alpha value is -2.55. The number of carbonyl (C=O) groups is 1. The van der Waals surface area contributed by atoms with Crippen molar-refractivity contribution in [2.75, 3.05) is 13.2 Å².